The van der Waals surface area contributed by atoms with Crippen LogP contribution in [0, 0.1) is 0 Å². The lowest BCUT2D eigenvalue weighted by atomic mass is 9.80. The summed E-state index contributed by atoms with van der Waals surface area (Å²) < 4.78 is 5.60. The zero-order valence-corrected chi connectivity index (χ0v) is 11.1. The Bertz CT molecular complexity index is 642. The third kappa shape index (κ3) is 2.30. The van der Waals surface area contributed by atoms with Gasteiger partial charge < -0.3 is 19.9 Å². The summed E-state index contributed by atoms with van der Waals surface area (Å²) in [5, 5.41) is 23.0. The molecule has 0 unspecified atom stereocenters. The molecule has 0 atom stereocenters. The summed E-state index contributed by atoms with van der Waals surface area (Å²) in [6.45, 7) is 0.766. The van der Waals surface area contributed by atoms with Crippen LogP contribution in [0.25, 0.3) is 11.0 Å². The molecule has 3 N–H and O–H groups in total. The van der Waals surface area contributed by atoms with Gasteiger partial charge in [0.1, 0.15) is 16.9 Å². The van der Waals surface area contributed by atoms with Gasteiger partial charge in [0.25, 0.3) is 0 Å². The highest BCUT2D eigenvalue weighted by atomic mass is 16.4. The molecule has 0 radical (unpaired) electrons. The lowest BCUT2D eigenvalue weighted by Gasteiger charge is -2.36. The van der Waals surface area contributed by atoms with E-state index in [0.29, 0.717) is 29.8 Å². The number of carboxylic acid groups (broad SMARTS) is 1. The summed E-state index contributed by atoms with van der Waals surface area (Å²) in [6, 6.07) is 7.10. The van der Waals surface area contributed by atoms with Gasteiger partial charge in [-0.25, -0.2) is 4.79 Å². The SMILES string of the molecule is O=C(O)c1c(CNCC2(O)CCC2)oc2ccccc12. The monoisotopic (exact) mass is 275 g/mol. The number of aliphatic hydroxyl groups is 1. The minimum Gasteiger partial charge on any atom is -0.478 e. The maximum absolute atomic E-state index is 11.4. The molecule has 20 heavy (non-hydrogen) atoms. The molecule has 1 aliphatic carbocycles. The van der Waals surface area contributed by atoms with Gasteiger partial charge in [0.2, 0.25) is 0 Å². The minimum absolute atomic E-state index is 0.202. The van der Waals surface area contributed by atoms with Crippen LogP contribution in [-0.2, 0) is 6.54 Å². The van der Waals surface area contributed by atoms with Gasteiger partial charge in [-0.1, -0.05) is 18.2 Å². The first-order valence-electron chi connectivity index (χ1n) is 6.76. The molecule has 0 spiro atoms. The van der Waals surface area contributed by atoms with Gasteiger partial charge in [0.05, 0.1) is 12.1 Å². The van der Waals surface area contributed by atoms with Gasteiger partial charge >= 0.3 is 5.97 Å². The van der Waals surface area contributed by atoms with Crippen molar-refractivity contribution in [3.63, 3.8) is 0 Å². The maximum atomic E-state index is 11.4. The number of benzene rings is 1. The molecule has 3 rings (SSSR count). The third-order valence-corrected chi connectivity index (χ3v) is 3.91. The summed E-state index contributed by atoms with van der Waals surface area (Å²) >= 11 is 0. The molecule has 1 aromatic heterocycles. The van der Waals surface area contributed by atoms with E-state index < -0.39 is 11.6 Å². The van der Waals surface area contributed by atoms with Crippen molar-refractivity contribution in [3.05, 3.63) is 35.6 Å². The largest absolute Gasteiger partial charge is 0.478 e. The van der Waals surface area contributed by atoms with E-state index in [4.69, 9.17) is 4.42 Å². The Morgan fingerprint density at radius 3 is 2.75 bits per heavy atom. The fraction of sp³-hybridized carbons (Fsp3) is 0.400. The van der Waals surface area contributed by atoms with E-state index in [-0.39, 0.29) is 5.56 Å². The molecule has 1 saturated carbocycles. The second-order valence-electron chi connectivity index (χ2n) is 5.38. The van der Waals surface area contributed by atoms with Crippen LogP contribution in [0.15, 0.2) is 28.7 Å². The van der Waals surface area contributed by atoms with E-state index in [2.05, 4.69) is 5.32 Å². The van der Waals surface area contributed by atoms with Crippen LogP contribution >= 0.6 is 0 Å². The number of furan rings is 1. The number of aromatic carboxylic acids is 1. The van der Waals surface area contributed by atoms with Crippen LogP contribution in [0.4, 0.5) is 0 Å². The molecule has 1 heterocycles. The first kappa shape index (κ1) is 13.1. The second-order valence-corrected chi connectivity index (χ2v) is 5.38. The minimum atomic E-state index is -0.992. The highest BCUT2D eigenvalue weighted by Gasteiger charge is 2.33. The standard InChI is InChI=1S/C15H17NO4/c17-14(18)13-10-4-1-2-5-11(10)20-12(13)8-16-9-15(19)6-3-7-15/h1-2,4-5,16,19H,3,6-9H2,(H,17,18). The summed E-state index contributed by atoms with van der Waals surface area (Å²) in [7, 11) is 0. The fourth-order valence-electron chi connectivity index (χ4n) is 2.63. The average molecular weight is 275 g/mol. The Kier molecular flexibility index (Phi) is 3.23. The van der Waals surface area contributed by atoms with E-state index in [0.717, 1.165) is 19.3 Å². The second kappa shape index (κ2) is 4.92. The molecule has 2 aromatic rings. The molecule has 0 aliphatic heterocycles. The average Bonchev–Trinajstić information content (AvgIpc) is 2.75. The van der Waals surface area contributed by atoms with Crippen LogP contribution in [0.1, 0.15) is 35.4 Å². The van der Waals surface area contributed by atoms with Crippen LogP contribution in [0.5, 0.6) is 0 Å². The summed E-state index contributed by atoms with van der Waals surface area (Å²) in [5.74, 6) is -0.587. The molecule has 1 aliphatic rings. The van der Waals surface area contributed by atoms with E-state index >= 15 is 0 Å². The van der Waals surface area contributed by atoms with Gasteiger partial charge in [-0.3, -0.25) is 0 Å². The van der Waals surface area contributed by atoms with Crippen molar-refractivity contribution >= 4 is 16.9 Å². The molecular formula is C15H17NO4. The Hall–Kier alpha value is -1.85. The van der Waals surface area contributed by atoms with Crippen molar-refractivity contribution in [1.82, 2.24) is 5.32 Å². The first-order chi connectivity index (χ1) is 9.59. The van der Waals surface area contributed by atoms with E-state index in [1.165, 1.54) is 0 Å². The number of carbonyl (C=O) groups is 1. The number of carboxylic acids is 1. The number of rotatable bonds is 5. The van der Waals surface area contributed by atoms with Gasteiger partial charge in [0.15, 0.2) is 0 Å². The maximum Gasteiger partial charge on any atom is 0.339 e. The van der Waals surface area contributed by atoms with E-state index in [1.807, 2.05) is 6.07 Å². The molecule has 0 bridgehead atoms. The van der Waals surface area contributed by atoms with Gasteiger partial charge in [0, 0.05) is 11.9 Å². The lowest BCUT2D eigenvalue weighted by Crippen LogP contribution is -2.46. The molecule has 5 heteroatoms. The van der Waals surface area contributed by atoms with Crippen LogP contribution in [0.2, 0.25) is 0 Å². The van der Waals surface area contributed by atoms with Gasteiger partial charge in [-0.15, -0.1) is 0 Å². The predicted octanol–water partition coefficient (Wildman–Crippen LogP) is 2.14. The molecule has 0 amide bonds. The molecule has 1 fully saturated rings. The van der Waals surface area contributed by atoms with E-state index in [1.54, 1.807) is 18.2 Å². The summed E-state index contributed by atoms with van der Waals surface area (Å²) in [4.78, 5) is 11.4. The van der Waals surface area contributed by atoms with Crippen molar-refractivity contribution in [2.24, 2.45) is 0 Å². The smallest absolute Gasteiger partial charge is 0.339 e. The summed E-state index contributed by atoms with van der Waals surface area (Å²) in [5.41, 5.74) is 0.146. The van der Waals surface area contributed by atoms with Crippen LogP contribution < -0.4 is 5.32 Å². The first-order valence-corrected chi connectivity index (χ1v) is 6.76. The zero-order valence-electron chi connectivity index (χ0n) is 11.1. The quantitative estimate of drug-likeness (QED) is 0.778. The Labute approximate surface area is 116 Å². The molecular weight excluding hydrogens is 258 g/mol. The third-order valence-electron chi connectivity index (χ3n) is 3.91. The number of hydrogen-bond donors (Lipinski definition) is 3. The topological polar surface area (TPSA) is 82.7 Å². The zero-order chi connectivity index (χ0) is 14.2. The predicted molar refractivity (Wildman–Crippen MR) is 73.7 cm³/mol. The summed E-state index contributed by atoms with van der Waals surface area (Å²) in [6.07, 6.45) is 2.64. The Morgan fingerprint density at radius 2 is 2.10 bits per heavy atom. The van der Waals surface area contributed by atoms with Crippen LogP contribution in [0.3, 0.4) is 0 Å². The molecule has 5 nitrogen and oxygen atoms in total. The molecule has 1 aromatic carbocycles. The molecule has 0 saturated heterocycles. The van der Waals surface area contributed by atoms with Crippen molar-refractivity contribution in [3.8, 4) is 0 Å². The molecule has 106 valence electrons. The highest BCUT2D eigenvalue weighted by molar-refractivity contribution is 6.03. The Balaban J connectivity index is 1.79. The number of nitrogens with one attached hydrogen (secondary N) is 1. The van der Waals surface area contributed by atoms with Crippen molar-refractivity contribution in [1.29, 1.82) is 0 Å². The van der Waals surface area contributed by atoms with Crippen molar-refractivity contribution in [2.75, 3.05) is 6.54 Å². The lowest BCUT2D eigenvalue weighted by molar-refractivity contribution is -0.0317. The number of fused-ring (bicyclic) bond motifs is 1. The Morgan fingerprint density at radius 1 is 1.35 bits per heavy atom. The number of hydrogen-bond acceptors (Lipinski definition) is 4. The normalized spacial score (nSPS) is 17.1. The highest BCUT2D eigenvalue weighted by Crippen LogP contribution is 2.31. The fourth-order valence-corrected chi connectivity index (χ4v) is 2.63. The van der Waals surface area contributed by atoms with Gasteiger partial charge in [-0.2, -0.15) is 0 Å². The van der Waals surface area contributed by atoms with E-state index in [9.17, 15) is 15.0 Å². The van der Waals surface area contributed by atoms with Crippen molar-refractivity contribution in [2.45, 2.75) is 31.4 Å². The van der Waals surface area contributed by atoms with Gasteiger partial charge in [-0.05, 0) is 25.3 Å². The van der Waals surface area contributed by atoms with Crippen molar-refractivity contribution < 1.29 is 19.4 Å². The van der Waals surface area contributed by atoms with Crippen LogP contribution in [-0.4, -0.2) is 28.3 Å². The number of para-hydroxylation sites is 1.